The van der Waals surface area contributed by atoms with Crippen LogP contribution in [0.1, 0.15) is 18.9 Å². The zero-order valence-corrected chi connectivity index (χ0v) is 12.3. The molecule has 0 spiro atoms. The van der Waals surface area contributed by atoms with Gasteiger partial charge in [-0.2, -0.15) is 0 Å². The van der Waals surface area contributed by atoms with E-state index in [2.05, 4.69) is 48.3 Å². The van der Waals surface area contributed by atoms with E-state index < -0.39 is 0 Å². The zero-order valence-electron chi connectivity index (χ0n) is 12.3. The Kier molecular flexibility index (Phi) is 6.36. The molecular formula is C15H24N2O2. The second kappa shape index (κ2) is 7.79. The SMILES string of the molecule is CCN(CCC(NC)C(=O)OC)c1cccc(C)c1. The van der Waals surface area contributed by atoms with Crippen molar-refractivity contribution in [3.8, 4) is 0 Å². The van der Waals surface area contributed by atoms with Gasteiger partial charge in [0.1, 0.15) is 6.04 Å². The number of nitrogens with zero attached hydrogens (tertiary/aromatic N) is 1. The lowest BCUT2D eigenvalue weighted by Crippen LogP contribution is -2.38. The fourth-order valence-electron chi connectivity index (χ4n) is 2.10. The number of anilines is 1. The van der Waals surface area contributed by atoms with Gasteiger partial charge in [-0.1, -0.05) is 12.1 Å². The lowest BCUT2D eigenvalue weighted by atomic mass is 10.1. The molecule has 0 aromatic heterocycles. The summed E-state index contributed by atoms with van der Waals surface area (Å²) in [7, 11) is 3.20. The smallest absolute Gasteiger partial charge is 0.322 e. The molecule has 0 radical (unpaired) electrons. The number of rotatable bonds is 7. The van der Waals surface area contributed by atoms with Gasteiger partial charge in [0.25, 0.3) is 0 Å². The van der Waals surface area contributed by atoms with E-state index in [0.29, 0.717) is 0 Å². The van der Waals surface area contributed by atoms with Crippen molar-refractivity contribution < 1.29 is 9.53 Å². The molecule has 0 saturated carbocycles. The highest BCUT2D eigenvalue weighted by Gasteiger charge is 2.17. The molecule has 0 fully saturated rings. The van der Waals surface area contributed by atoms with E-state index in [9.17, 15) is 4.79 Å². The summed E-state index contributed by atoms with van der Waals surface area (Å²) < 4.78 is 4.77. The van der Waals surface area contributed by atoms with Crippen LogP contribution in [0.2, 0.25) is 0 Å². The number of ether oxygens (including phenoxy) is 1. The highest BCUT2D eigenvalue weighted by atomic mass is 16.5. The third kappa shape index (κ3) is 4.56. The van der Waals surface area contributed by atoms with Crippen molar-refractivity contribution in [3.05, 3.63) is 29.8 Å². The molecule has 1 aromatic carbocycles. The molecule has 106 valence electrons. The predicted molar refractivity (Wildman–Crippen MR) is 78.5 cm³/mol. The topological polar surface area (TPSA) is 41.6 Å². The maximum Gasteiger partial charge on any atom is 0.322 e. The molecule has 4 nitrogen and oxygen atoms in total. The van der Waals surface area contributed by atoms with Crippen molar-refractivity contribution in [3.63, 3.8) is 0 Å². The van der Waals surface area contributed by atoms with Crippen molar-refractivity contribution in [1.29, 1.82) is 0 Å². The van der Waals surface area contributed by atoms with Gasteiger partial charge in [-0.25, -0.2) is 0 Å². The van der Waals surface area contributed by atoms with E-state index in [1.807, 2.05) is 0 Å². The molecule has 0 aliphatic carbocycles. The van der Waals surface area contributed by atoms with Crippen LogP contribution in [-0.4, -0.2) is 39.3 Å². The third-order valence-corrected chi connectivity index (χ3v) is 3.27. The van der Waals surface area contributed by atoms with Crippen LogP contribution in [0.3, 0.4) is 0 Å². The minimum atomic E-state index is -0.246. The normalized spacial score (nSPS) is 12.0. The average molecular weight is 264 g/mol. The highest BCUT2D eigenvalue weighted by Crippen LogP contribution is 2.16. The molecule has 0 aliphatic heterocycles. The summed E-state index contributed by atoms with van der Waals surface area (Å²) in [6, 6.07) is 8.16. The number of aryl methyl sites for hydroxylation is 1. The van der Waals surface area contributed by atoms with Crippen LogP contribution in [0.5, 0.6) is 0 Å². The van der Waals surface area contributed by atoms with Crippen molar-refractivity contribution in [2.24, 2.45) is 0 Å². The fourth-order valence-corrected chi connectivity index (χ4v) is 2.10. The summed E-state index contributed by atoms with van der Waals surface area (Å²) >= 11 is 0. The standard InChI is InChI=1S/C15H24N2O2/c1-5-17(13-8-6-7-12(2)11-13)10-9-14(16-3)15(18)19-4/h6-8,11,14,16H,5,9-10H2,1-4H3. The van der Waals surface area contributed by atoms with Crippen LogP contribution >= 0.6 is 0 Å². The van der Waals surface area contributed by atoms with Gasteiger partial charge in [0.2, 0.25) is 0 Å². The van der Waals surface area contributed by atoms with Crippen LogP contribution in [0, 0.1) is 6.92 Å². The van der Waals surface area contributed by atoms with Gasteiger partial charge in [0, 0.05) is 18.8 Å². The van der Waals surface area contributed by atoms with E-state index in [4.69, 9.17) is 4.74 Å². The van der Waals surface area contributed by atoms with Gasteiger partial charge >= 0.3 is 5.97 Å². The Morgan fingerprint density at radius 3 is 2.74 bits per heavy atom. The Morgan fingerprint density at radius 1 is 1.47 bits per heavy atom. The van der Waals surface area contributed by atoms with Crippen LogP contribution < -0.4 is 10.2 Å². The first-order valence-corrected chi connectivity index (χ1v) is 6.69. The van der Waals surface area contributed by atoms with Gasteiger partial charge in [-0.15, -0.1) is 0 Å². The first-order chi connectivity index (χ1) is 9.12. The number of hydrogen-bond donors (Lipinski definition) is 1. The summed E-state index contributed by atoms with van der Waals surface area (Å²) in [5, 5.41) is 2.99. The molecule has 1 unspecified atom stereocenters. The van der Waals surface area contributed by atoms with Crippen LogP contribution in [0.15, 0.2) is 24.3 Å². The molecule has 0 bridgehead atoms. The van der Waals surface area contributed by atoms with E-state index in [1.165, 1.54) is 18.4 Å². The van der Waals surface area contributed by atoms with E-state index >= 15 is 0 Å². The molecule has 19 heavy (non-hydrogen) atoms. The van der Waals surface area contributed by atoms with Crippen LogP contribution in [0.25, 0.3) is 0 Å². The minimum Gasteiger partial charge on any atom is -0.468 e. The van der Waals surface area contributed by atoms with Crippen molar-refractivity contribution >= 4 is 11.7 Å². The first kappa shape index (κ1) is 15.5. The van der Waals surface area contributed by atoms with E-state index in [0.717, 1.165) is 19.5 Å². The van der Waals surface area contributed by atoms with Crippen molar-refractivity contribution in [2.75, 3.05) is 32.1 Å². The molecular weight excluding hydrogens is 240 g/mol. The number of nitrogens with one attached hydrogen (secondary N) is 1. The zero-order chi connectivity index (χ0) is 14.3. The summed E-state index contributed by atoms with van der Waals surface area (Å²) in [6.45, 7) is 5.94. The minimum absolute atomic E-state index is 0.206. The van der Waals surface area contributed by atoms with Gasteiger partial charge in [-0.3, -0.25) is 4.79 Å². The molecule has 0 saturated heterocycles. The number of esters is 1. The van der Waals surface area contributed by atoms with Gasteiger partial charge < -0.3 is 15.0 Å². The van der Waals surface area contributed by atoms with Gasteiger partial charge in [0.05, 0.1) is 7.11 Å². The van der Waals surface area contributed by atoms with E-state index in [-0.39, 0.29) is 12.0 Å². The Labute approximate surface area is 115 Å². The Bertz CT molecular complexity index is 407. The van der Waals surface area contributed by atoms with E-state index in [1.54, 1.807) is 7.05 Å². The molecule has 1 N–H and O–H groups in total. The monoisotopic (exact) mass is 264 g/mol. The fraction of sp³-hybridized carbons (Fsp3) is 0.533. The third-order valence-electron chi connectivity index (χ3n) is 3.27. The number of carbonyl (C=O) groups is 1. The molecule has 1 rings (SSSR count). The molecule has 4 heteroatoms. The molecule has 0 aliphatic rings. The molecule has 1 aromatic rings. The summed E-state index contributed by atoms with van der Waals surface area (Å²) in [4.78, 5) is 13.8. The Balaban J connectivity index is 2.64. The maximum absolute atomic E-state index is 11.5. The Morgan fingerprint density at radius 2 is 2.21 bits per heavy atom. The molecule has 1 atom stereocenters. The lowest BCUT2D eigenvalue weighted by molar-refractivity contribution is -0.143. The number of benzene rings is 1. The second-order valence-corrected chi connectivity index (χ2v) is 4.57. The lowest BCUT2D eigenvalue weighted by Gasteiger charge is -2.25. The molecule has 0 amide bonds. The number of hydrogen-bond acceptors (Lipinski definition) is 4. The average Bonchev–Trinajstić information content (AvgIpc) is 2.43. The quantitative estimate of drug-likeness (QED) is 0.765. The number of methoxy groups -OCH3 is 1. The highest BCUT2D eigenvalue weighted by molar-refractivity contribution is 5.75. The summed E-state index contributed by atoms with van der Waals surface area (Å²) in [6.07, 6.45) is 0.727. The largest absolute Gasteiger partial charge is 0.468 e. The predicted octanol–water partition coefficient (Wildman–Crippen LogP) is 1.97. The van der Waals surface area contributed by atoms with Crippen molar-refractivity contribution in [1.82, 2.24) is 5.32 Å². The Hall–Kier alpha value is -1.55. The van der Waals surface area contributed by atoms with Gasteiger partial charge in [-0.05, 0) is 45.0 Å². The number of carbonyl (C=O) groups excluding carboxylic acids is 1. The first-order valence-electron chi connectivity index (χ1n) is 6.69. The molecule has 0 heterocycles. The van der Waals surface area contributed by atoms with Crippen LogP contribution in [-0.2, 0) is 9.53 Å². The second-order valence-electron chi connectivity index (χ2n) is 4.57. The van der Waals surface area contributed by atoms with Gasteiger partial charge in [0.15, 0.2) is 0 Å². The van der Waals surface area contributed by atoms with Crippen LogP contribution in [0.4, 0.5) is 5.69 Å². The number of likely N-dealkylation sites (N-methyl/N-ethyl adjacent to an activating group) is 1. The summed E-state index contributed by atoms with van der Waals surface area (Å²) in [5.41, 5.74) is 2.44. The maximum atomic E-state index is 11.5. The summed E-state index contributed by atoms with van der Waals surface area (Å²) in [5.74, 6) is -0.206. The van der Waals surface area contributed by atoms with Crippen molar-refractivity contribution in [2.45, 2.75) is 26.3 Å².